The minimum absolute atomic E-state index is 0.0380. The Bertz CT molecular complexity index is 827. The Kier molecular flexibility index (Phi) is 4.83. The van der Waals surface area contributed by atoms with Crippen molar-refractivity contribution in [1.82, 2.24) is 20.4 Å². The zero-order valence-corrected chi connectivity index (χ0v) is 18.7. The normalized spacial score (nSPS) is 37.2. The predicted molar refractivity (Wildman–Crippen MR) is 119 cm³/mol. The topological polar surface area (TPSA) is 82.4 Å². The summed E-state index contributed by atoms with van der Waals surface area (Å²) in [6.45, 7) is 3.30. The molecule has 5 saturated carbocycles. The van der Waals surface area contributed by atoms with Crippen LogP contribution in [0.15, 0.2) is 6.07 Å². The number of nitrogens with zero attached hydrogens (tertiary/aromatic N) is 3. The summed E-state index contributed by atoms with van der Waals surface area (Å²) in [5.41, 5.74) is 0.0796. The van der Waals surface area contributed by atoms with Crippen LogP contribution in [0.25, 0.3) is 0 Å². The van der Waals surface area contributed by atoms with Crippen molar-refractivity contribution in [2.24, 2.45) is 30.7 Å². The van der Waals surface area contributed by atoms with Crippen molar-refractivity contribution in [2.45, 2.75) is 75.5 Å². The molecule has 7 heteroatoms. The van der Waals surface area contributed by atoms with E-state index in [1.807, 2.05) is 17.8 Å². The molecule has 1 aromatic heterocycles. The van der Waals surface area contributed by atoms with Crippen molar-refractivity contribution in [3.8, 4) is 0 Å². The fraction of sp³-hybridized carbons (Fsp3) is 0.833. The molecule has 31 heavy (non-hydrogen) atoms. The van der Waals surface area contributed by atoms with Gasteiger partial charge in [0.2, 0.25) is 0 Å². The van der Waals surface area contributed by atoms with Gasteiger partial charge in [0.25, 0.3) is 5.91 Å². The number of hydrogen-bond acceptors (Lipinski definition) is 5. The second kappa shape index (κ2) is 7.48. The highest BCUT2D eigenvalue weighted by Gasteiger charge is 2.55. The van der Waals surface area contributed by atoms with Crippen LogP contribution in [0.3, 0.4) is 0 Å². The van der Waals surface area contributed by atoms with Crippen molar-refractivity contribution in [3.63, 3.8) is 0 Å². The zero-order chi connectivity index (χ0) is 21.2. The molecule has 2 unspecified atom stereocenters. The van der Waals surface area contributed by atoms with Gasteiger partial charge in [-0.05, 0) is 94.5 Å². The molecule has 3 N–H and O–H groups in total. The van der Waals surface area contributed by atoms with Gasteiger partial charge in [-0.15, -0.1) is 0 Å². The first kappa shape index (κ1) is 20.0. The van der Waals surface area contributed by atoms with Gasteiger partial charge in [-0.25, -0.2) is 0 Å². The molecular formula is C24H37N5O2. The van der Waals surface area contributed by atoms with Crippen LogP contribution in [0.5, 0.6) is 0 Å². The summed E-state index contributed by atoms with van der Waals surface area (Å²) in [6, 6.07) is 2.81. The van der Waals surface area contributed by atoms with Crippen LogP contribution in [0.1, 0.15) is 68.3 Å². The van der Waals surface area contributed by atoms with Crippen LogP contribution in [0, 0.1) is 23.7 Å². The van der Waals surface area contributed by atoms with Gasteiger partial charge >= 0.3 is 0 Å². The highest BCUT2D eigenvalue weighted by atomic mass is 16.3. The summed E-state index contributed by atoms with van der Waals surface area (Å²) in [7, 11) is 1.97. The summed E-state index contributed by atoms with van der Waals surface area (Å²) in [6.07, 6.45) is 9.93. The smallest absolute Gasteiger partial charge is 0.272 e. The van der Waals surface area contributed by atoms with Crippen molar-refractivity contribution >= 4 is 11.7 Å². The Balaban J connectivity index is 1.16. The average Bonchev–Trinajstić information content (AvgIpc) is 3.50. The van der Waals surface area contributed by atoms with E-state index in [-0.39, 0.29) is 11.9 Å². The molecule has 6 fully saturated rings. The second-order valence-corrected chi connectivity index (χ2v) is 11.3. The Labute approximate surface area is 184 Å². The van der Waals surface area contributed by atoms with E-state index in [1.165, 1.54) is 25.7 Å². The first-order chi connectivity index (χ1) is 15.0. The van der Waals surface area contributed by atoms with Gasteiger partial charge < -0.3 is 20.6 Å². The molecular weight excluding hydrogens is 390 g/mol. The van der Waals surface area contributed by atoms with Gasteiger partial charge in [0, 0.05) is 31.7 Å². The zero-order valence-electron chi connectivity index (χ0n) is 18.7. The summed E-state index contributed by atoms with van der Waals surface area (Å²) in [5.74, 6) is 3.26. The van der Waals surface area contributed by atoms with E-state index in [2.05, 4.69) is 20.6 Å². The van der Waals surface area contributed by atoms with Crippen LogP contribution in [0.4, 0.5) is 5.82 Å². The van der Waals surface area contributed by atoms with Gasteiger partial charge in [0.15, 0.2) is 5.69 Å². The molecule has 4 bridgehead atoms. The minimum atomic E-state index is -0.463. The third-order valence-corrected chi connectivity index (χ3v) is 8.82. The van der Waals surface area contributed by atoms with Gasteiger partial charge in [-0.2, -0.15) is 5.10 Å². The Hall–Kier alpha value is -1.60. The number of amides is 1. The number of aromatic nitrogens is 2. The van der Waals surface area contributed by atoms with E-state index < -0.39 is 5.60 Å². The Morgan fingerprint density at radius 3 is 2.58 bits per heavy atom. The molecule has 5 aliphatic carbocycles. The molecule has 1 saturated heterocycles. The van der Waals surface area contributed by atoms with Crippen LogP contribution in [0.2, 0.25) is 0 Å². The highest BCUT2D eigenvalue weighted by molar-refractivity contribution is 5.93. The number of anilines is 1. The van der Waals surface area contributed by atoms with Crippen molar-refractivity contribution in [3.05, 3.63) is 11.8 Å². The maximum atomic E-state index is 13.2. The number of aliphatic hydroxyl groups is 1. The van der Waals surface area contributed by atoms with E-state index in [9.17, 15) is 9.90 Å². The van der Waals surface area contributed by atoms with Crippen molar-refractivity contribution in [1.29, 1.82) is 0 Å². The largest absolute Gasteiger partial charge is 0.390 e. The van der Waals surface area contributed by atoms with Gasteiger partial charge in [0.1, 0.15) is 5.82 Å². The predicted octanol–water partition coefficient (Wildman–Crippen LogP) is 2.06. The standard InChI is InChI=1S/C24H37N5O2/c1-28-21(29(19-2-3-19)14-15-4-6-25-7-5-15)10-20(27-28)23(30)26-22-17-8-16-9-18(22)13-24(31,11-16)12-17/h10,15-19,22,25,31H,2-9,11-14H2,1H3,(H,26,30)/t16?,17?,18?,22-,24-. The fourth-order valence-corrected chi connectivity index (χ4v) is 7.44. The molecule has 170 valence electrons. The molecule has 0 aromatic carbocycles. The van der Waals surface area contributed by atoms with Crippen molar-refractivity contribution in [2.75, 3.05) is 24.5 Å². The van der Waals surface area contributed by atoms with Gasteiger partial charge in [0.05, 0.1) is 5.60 Å². The number of carbonyl (C=O) groups is 1. The SMILES string of the molecule is Cn1nc(C(=O)N[C@H]2C3CC4CC2C[C@](O)(C4)C3)cc1N(CC1CCNCC1)C1CC1. The molecule has 7 nitrogen and oxygen atoms in total. The van der Waals surface area contributed by atoms with E-state index in [1.54, 1.807) is 0 Å². The van der Waals surface area contributed by atoms with E-state index >= 15 is 0 Å². The number of rotatable bonds is 6. The first-order valence-corrected chi connectivity index (χ1v) is 12.5. The summed E-state index contributed by atoms with van der Waals surface area (Å²) < 4.78 is 1.91. The van der Waals surface area contributed by atoms with Gasteiger partial charge in [-0.1, -0.05) is 0 Å². The maximum absolute atomic E-state index is 13.2. The third kappa shape index (κ3) is 3.78. The quantitative estimate of drug-likeness (QED) is 0.647. The summed E-state index contributed by atoms with van der Waals surface area (Å²) in [5, 5.41) is 22.3. The number of aryl methyl sites for hydroxylation is 1. The van der Waals surface area contributed by atoms with Crippen molar-refractivity contribution < 1.29 is 9.90 Å². The minimum Gasteiger partial charge on any atom is -0.390 e. The third-order valence-electron chi connectivity index (χ3n) is 8.82. The van der Waals surface area contributed by atoms with E-state index in [4.69, 9.17) is 0 Å². The monoisotopic (exact) mass is 427 g/mol. The number of carbonyl (C=O) groups excluding carboxylic acids is 1. The lowest BCUT2D eigenvalue weighted by Crippen LogP contribution is -2.61. The van der Waals surface area contributed by atoms with Crippen LogP contribution < -0.4 is 15.5 Å². The Morgan fingerprint density at radius 2 is 1.94 bits per heavy atom. The molecule has 6 aliphatic rings. The molecule has 1 amide bonds. The average molecular weight is 428 g/mol. The fourth-order valence-electron chi connectivity index (χ4n) is 7.44. The lowest BCUT2D eigenvalue weighted by molar-refractivity contribution is -0.136. The Morgan fingerprint density at radius 1 is 1.23 bits per heavy atom. The summed E-state index contributed by atoms with van der Waals surface area (Å²) in [4.78, 5) is 15.7. The number of piperidine rings is 1. The molecule has 0 radical (unpaired) electrons. The molecule has 0 spiro atoms. The van der Waals surface area contributed by atoms with E-state index in [0.29, 0.717) is 35.4 Å². The first-order valence-electron chi connectivity index (χ1n) is 12.5. The maximum Gasteiger partial charge on any atom is 0.272 e. The van der Waals surface area contributed by atoms with Crippen LogP contribution in [-0.2, 0) is 7.05 Å². The molecule has 7 rings (SSSR count). The summed E-state index contributed by atoms with van der Waals surface area (Å²) >= 11 is 0. The molecule has 1 aromatic rings. The number of hydrogen-bond donors (Lipinski definition) is 3. The van der Waals surface area contributed by atoms with Crippen LogP contribution >= 0.6 is 0 Å². The van der Waals surface area contributed by atoms with Crippen LogP contribution in [-0.4, -0.2) is 58.1 Å². The number of nitrogens with one attached hydrogen (secondary N) is 2. The van der Waals surface area contributed by atoms with E-state index in [0.717, 1.165) is 57.6 Å². The highest BCUT2D eigenvalue weighted by Crippen LogP contribution is 2.55. The lowest BCUT2D eigenvalue weighted by atomic mass is 9.52. The molecule has 2 atom stereocenters. The van der Waals surface area contributed by atoms with Gasteiger partial charge in [-0.3, -0.25) is 9.48 Å². The molecule has 2 heterocycles. The molecule has 1 aliphatic heterocycles. The lowest BCUT2D eigenvalue weighted by Gasteiger charge is -2.58. The second-order valence-electron chi connectivity index (χ2n) is 11.3.